The van der Waals surface area contributed by atoms with Crippen molar-refractivity contribution in [2.75, 3.05) is 26.2 Å². The predicted molar refractivity (Wildman–Crippen MR) is 103 cm³/mol. The van der Waals surface area contributed by atoms with E-state index in [0.29, 0.717) is 18.3 Å². The Morgan fingerprint density at radius 3 is 2.26 bits per heavy atom. The van der Waals surface area contributed by atoms with Crippen molar-refractivity contribution >= 4 is 10.0 Å². The van der Waals surface area contributed by atoms with E-state index in [0.717, 1.165) is 38.9 Å². The first-order chi connectivity index (χ1) is 12.9. The summed E-state index contributed by atoms with van der Waals surface area (Å²) in [7, 11) is -3.67. The molecule has 0 saturated carbocycles. The Balaban J connectivity index is 1.37. The normalized spacial score (nSPS) is 16.4. The van der Waals surface area contributed by atoms with Crippen molar-refractivity contribution in [3.05, 3.63) is 59.9 Å². The third-order valence-electron chi connectivity index (χ3n) is 4.97. The van der Waals surface area contributed by atoms with Crippen LogP contribution in [-0.2, 0) is 16.4 Å². The van der Waals surface area contributed by atoms with Crippen LogP contribution in [0.15, 0.2) is 53.4 Å². The largest absolute Gasteiger partial charge is 0.492 e. The molecule has 0 aliphatic carbocycles. The second-order valence-corrected chi connectivity index (χ2v) is 8.54. The van der Waals surface area contributed by atoms with E-state index >= 15 is 0 Å². The van der Waals surface area contributed by atoms with Crippen molar-refractivity contribution in [2.45, 2.75) is 24.2 Å². The summed E-state index contributed by atoms with van der Waals surface area (Å²) < 4.78 is 41.1. The number of rotatable bonds is 7. The highest BCUT2D eigenvalue weighted by atomic mass is 32.2. The minimum Gasteiger partial charge on any atom is -0.492 e. The molecule has 0 radical (unpaired) electrons. The van der Waals surface area contributed by atoms with Gasteiger partial charge in [-0.05, 0) is 80.2 Å². The van der Waals surface area contributed by atoms with Gasteiger partial charge in [0.2, 0.25) is 10.0 Å². The molecule has 0 spiro atoms. The Hall–Kier alpha value is -1.96. The number of sulfonamides is 1. The maximum absolute atomic E-state index is 13.0. The van der Waals surface area contributed by atoms with Gasteiger partial charge < -0.3 is 4.74 Å². The number of nitrogens with zero attached hydrogens (tertiary/aromatic N) is 1. The molecular weight excluding hydrogens is 367 g/mol. The molecule has 3 rings (SSSR count). The van der Waals surface area contributed by atoms with Crippen molar-refractivity contribution in [1.29, 1.82) is 0 Å². The van der Waals surface area contributed by atoms with E-state index in [1.165, 1.54) is 29.8 Å². The van der Waals surface area contributed by atoms with Crippen molar-refractivity contribution < 1.29 is 17.5 Å². The molecule has 5 nitrogen and oxygen atoms in total. The molecule has 1 saturated heterocycles. The molecule has 2 aromatic carbocycles. The lowest BCUT2D eigenvalue weighted by atomic mass is 9.90. The Morgan fingerprint density at radius 2 is 1.67 bits per heavy atom. The van der Waals surface area contributed by atoms with Gasteiger partial charge in [-0.2, -0.15) is 0 Å². The van der Waals surface area contributed by atoms with Crippen LogP contribution in [0.4, 0.5) is 4.39 Å². The monoisotopic (exact) mass is 392 g/mol. The quantitative estimate of drug-likeness (QED) is 0.786. The smallest absolute Gasteiger partial charge is 0.238 e. The molecule has 7 heteroatoms. The Morgan fingerprint density at radius 1 is 1.04 bits per heavy atom. The summed E-state index contributed by atoms with van der Waals surface area (Å²) in [4.78, 5) is 2.46. The molecule has 27 heavy (non-hydrogen) atoms. The average Bonchev–Trinajstić information content (AvgIpc) is 2.65. The van der Waals surface area contributed by atoms with E-state index < -0.39 is 10.0 Å². The summed E-state index contributed by atoms with van der Waals surface area (Å²) in [5.41, 5.74) is 1.20. The molecule has 1 heterocycles. The summed E-state index contributed by atoms with van der Waals surface area (Å²) in [5.74, 6) is 1.08. The molecule has 0 bridgehead atoms. The average molecular weight is 392 g/mol. The number of primary sulfonamides is 1. The molecule has 0 aromatic heterocycles. The van der Waals surface area contributed by atoms with Gasteiger partial charge in [0.25, 0.3) is 0 Å². The first kappa shape index (κ1) is 19.8. The lowest BCUT2D eigenvalue weighted by Crippen LogP contribution is -2.37. The van der Waals surface area contributed by atoms with Crippen LogP contribution in [-0.4, -0.2) is 39.6 Å². The van der Waals surface area contributed by atoms with Crippen LogP contribution in [0, 0.1) is 11.7 Å². The van der Waals surface area contributed by atoms with Gasteiger partial charge in [-0.25, -0.2) is 17.9 Å². The first-order valence-electron chi connectivity index (χ1n) is 9.12. The Kier molecular flexibility index (Phi) is 6.46. The van der Waals surface area contributed by atoms with Gasteiger partial charge in [0.1, 0.15) is 18.2 Å². The Bertz CT molecular complexity index is 831. The molecule has 1 aliphatic rings. The van der Waals surface area contributed by atoms with Crippen LogP contribution in [0.3, 0.4) is 0 Å². The van der Waals surface area contributed by atoms with Crippen molar-refractivity contribution in [2.24, 2.45) is 11.1 Å². The maximum Gasteiger partial charge on any atom is 0.238 e. The number of benzene rings is 2. The molecule has 0 amide bonds. The standard InChI is InChI=1S/C20H25FN2O3S/c21-18-3-1-16(2-4-18)15-17-9-11-23(12-10-17)13-14-26-19-5-7-20(8-6-19)27(22,24)25/h1-8,17H,9-15H2,(H2,22,24,25). The third kappa shape index (κ3) is 6.02. The molecule has 0 atom stereocenters. The molecule has 2 N–H and O–H groups in total. The number of halogens is 1. The Labute approximate surface area is 160 Å². The summed E-state index contributed by atoms with van der Waals surface area (Å²) in [6.45, 7) is 3.44. The first-order valence-corrected chi connectivity index (χ1v) is 10.7. The predicted octanol–water partition coefficient (Wildman–Crippen LogP) is 2.81. The fraction of sp³-hybridized carbons (Fsp3) is 0.400. The molecule has 2 aromatic rings. The van der Waals surface area contributed by atoms with Gasteiger partial charge in [0.05, 0.1) is 4.90 Å². The lowest BCUT2D eigenvalue weighted by molar-refractivity contribution is 0.155. The fourth-order valence-electron chi connectivity index (χ4n) is 3.39. The third-order valence-corrected chi connectivity index (χ3v) is 5.90. The molecular formula is C20H25FN2O3S. The van der Waals surface area contributed by atoms with Gasteiger partial charge >= 0.3 is 0 Å². The van der Waals surface area contributed by atoms with Crippen molar-refractivity contribution in [3.63, 3.8) is 0 Å². The van der Waals surface area contributed by atoms with Crippen LogP contribution in [0.2, 0.25) is 0 Å². The van der Waals surface area contributed by atoms with Crippen LogP contribution in [0.5, 0.6) is 5.75 Å². The zero-order chi connectivity index (χ0) is 19.3. The molecule has 146 valence electrons. The number of nitrogens with two attached hydrogens (primary N) is 1. The number of hydrogen-bond donors (Lipinski definition) is 1. The molecule has 0 unspecified atom stereocenters. The lowest BCUT2D eigenvalue weighted by Gasteiger charge is -2.31. The second kappa shape index (κ2) is 8.82. The topological polar surface area (TPSA) is 72.6 Å². The highest BCUT2D eigenvalue weighted by Crippen LogP contribution is 2.22. The van der Waals surface area contributed by atoms with Gasteiger partial charge in [-0.1, -0.05) is 12.1 Å². The maximum atomic E-state index is 13.0. The number of hydrogen-bond acceptors (Lipinski definition) is 4. The summed E-state index contributed by atoms with van der Waals surface area (Å²) in [5, 5.41) is 5.08. The minimum absolute atomic E-state index is 0.0816. The van der Waals surface area contributed by atoms with Crippen LogP contribution in [0.1, 0.15) is 18.4 Å². The zero-order valence-electron chi connectivity index (χ0n) is 15.2. The van der Waals surface area contributed by atoms with E-state index in [1.807, 2.05) is 12.1 Å². The summed E-state index contributed by atoms with van der Waals surface area (Å²) in [6.07, 6.45) is 3.25. The van der Waals surface area contributed by atoms with Gasteiger partial charge in [0, 0.05) is 6.54 Å². The number of likely N-dealkylation sites (tertiary alicyclic amines) is 1. The highest BCUT2D eigenvalue weighted by molar-refractivity contribution is 7.89. The van der Waals surface area contributed by atoms with Crippen LogP contribution in [0.25, 0.3) is 0 Å². The van der Waals surface area contributed by atoms with E-state index in [2.05, 4.69) is 4.90 Å². The highest BCUT2D eigenvalue weighted by Gasteiger charge is 2.19. The van der Waals surface area contributed by atoms with E-state index in [1.54, 1.807) is 12.1 Å². The fourth-order valence-corrected chi connectivity index (χ4v) is 3.90. The number of piperidine rings is 1. The minimum atomic E-state index is -3.67. The zero-order valence-corrected chi connectivity index (χ0v) is 16.0. The van der Waals surface area contributed by atoms with Gasteiger partial charge in [0.15, 0.2) is 0 Å². The number of ether oxygens (including phenoxy) is 1. The molecule has 1 aliphatic heterocycles. The van der Waals surface area contributed by atoms with Crippen molar-refractivity contribution in [3.8, 4) is 5.75 Å². The SMILES string of the molecule is NS(=O)(=O)c1ccc(OCCN2CCC(Cc3ccc(F)cc3)CC2)cc1. The van der Waals surface area contributed by atoms with E-state index in [4.69, 9.17) is 9.88 Å². The second-order valence-electron chi connectivity index (χ2n) is 6.98. The summed E-state index contributed by atoms with van der Waals surface area (Å²) in [6, 6.07) is 12.9. The van der Waals surface area contributed by atoms with Gasteiger partial charge in [-0.3, -0.25) is 4.90 Å². The van der Waals surface area contributed by atoms with E-state index in [-0.39, 0.29) is 10.7 Å². The molecule has 1 fully saturated rings. The van der Waals surface area contributed by atoms with Crippen LogP contribution < -0.4 is 9.88 Å². The van der Waals surface area contributed by atoms with Crippen molar-refractivity contribution in [1.82, 2.24) is 4.90 Å². The van der Waals surface area contributed by atoms with Gasteiger partial charge in [-0.15, -0.1) is 0 Å². The van der Waals surface area contributed by atoms with Crippen LogP contribution >= 0.6 is 0 Å². The summed E-state index contributed by atoms with van der Waals surface area (Å²) >= 11 is 0. The van der Waals surface area contributed by atoms with E-state index in [9.17, 15) is 12.8 Å².